The molecule has 0 amide bonds. The minimum absolute atomic E-state index is 0.314. The Morgan fingerprint density at radius 1 is 1.26 bits per heavy atom. The number of aromatic nitrogens is 2. The van der Waals surface area contributed by atoms with E-state index in [1.54, 1.807) is 7.11 Å². The predicted molar refractivity (Wildman–Crippen MR) is 67.2 cm³/mol. The van der Waals surface area contributed by atoms with Gasteiger partial charge in [0.15, 0.2) is 18.2 Å². The zero-order valence-corrected chi connectivity index (χ0v) is 10.2. The maximum atomic E-state index is 10.4. The van der Waals surface area contributed by atoms with Gasteiger partial charge in [-0.1, -0.05) is 12.1 Å². The molecule has 1 aromatic carbocycles. The van der Waals surface area contributed by atoms with Crippen LogP contribution in [0.25, 0.3) is 11.4 Å². The van der Waals surface area contributed by atoms with Crippen LogP contribution in [-0.2, 0) is 4.79 Å². The number of methoxy groups -OCH3 is 1. The van der Waals surface area contributed by atoms with Gasteiger partial charge in [0.1, 0.15) is 5.75 Å². The summed E-state index contributed by atoms with van der Waals surface area (Å²) in [5.41, 5.74) is 0.809. The van der Waals surface area contributed by atoms with E-state index in [1.807, 2.05) is 24.3 Å². The Hall–Kier alpha value is -2.63. The summed E-state index contributed by atoms with van der Waals surface area (Å²) in [5, 5.41) is 8.49. The molecule has 0 fully saturated rings. The van der Waals surface area contributed by atoms with Crippen LogP contribution in [0.15, 0.2) is 36.7 Å². The number of carboxylic acid groups (broad SMARTS) is 1. The van der Waals surface area contributed by atoms with E-state index in [-0.39, 0.29) is 0 Å². The van der Waals surface area contributed by atoms with Gasteiger partial charge in [0, 0.05) is 5.56 Å². The van der Waals surface area contributed by atoms with Crippen molar-refractivity contribution in [2.24, 2.45) is 0 Å². The zero-order valence-electron chi connectivity index (χ0n) is 10.2. The molecule has 1 aromatic heterocycles. The smallest absolute Gasteiger partial charge is 0.341 e. The third-order valence-corrected chi connectivity index (χ3v) is 2.32. The molecule has 6 nitrogen and oxygen atoms in total. The normalized spacial score (nSPS) is 9.95. The molecule has 0 aliphatic heterocycles. The number of carbonyl (C=O) groups is 1. The maximum absolute atomic E-state index is 10.4. The zero-order chi connectivity index (χ0) is 13.7. The van der Waals surface area contributed by atoms with Crippen LogP contribution in [0.1, 0.15) is 0 Å². The van der Waals surface area contributed by atoms with Crippen molar-refractivity contribution in [2.75, 3.05) is 13.7 Å². The Morgan fingerprint density at radius 2 is 2.00 bits per heavy atom. The Labute approximate surface area is 109 Å². The molecule has 0 unspecified atom stereocenters. The molecular formula is C13H12N2O4. The number of carboxylic acids is 1. The first-order chi connectivity index (χ1) is 9.19. The molecule has 98 valence electrons. The summed E-state index contributed by atoms with van der Waals surface area (Å²) in [6.45, 7) is -0.415. The second-order valence-corrected chi connectivity index (χ2v) is 3.66. The molecule has 0 bridgehead atoms. The highest BCUT2D eigenvalue weighted by Crippen LogP contribution is 2.21. The van der Waals surface area contributed by atoms with Gasteiger partial charge in [0.2, 0.25) is 0 Å². The topological polar surface area (TPSA) is 81.5 Å². The monoisotopic (exact) mass is 260 g/mol. The van der Waals surface area contributed by atoms with Crippen LogP contribution in [0.2, 0.25) is 0 Å². The van der Waals surface area contributed by atoms with Gasteiger partial charge in [-0.15, -0.1) is 0 Å². The second-order valence-electron chi connectivity index (χ2n) is 3.66. The number of hydrogen-bond acceptors (Lipinski definition) is 5. The largest absolute Gasteiger partial charge is 0.497 e. The van der Waals surface area contributed by atoms with E-state index in [0.717, 1.165) is 5.56 Å². The number of ether oxygens (including phenoxy) is 2. The van der Waals surface area contributed by atoms with Gasteiger partial charge in [-0.3, -0.25) is 0 Å². The van der Waals surface area contributed by atoms with Gasteiger partial charge >= 0.3 is 5.97 Å². The number of nitrogens with zero attached hydrogens (tertiary/aromatic N) is 2. The summed E-state index contributed by atoms with van der Waals surface area (Å²) in [7, 11) is 1.59. The van der Waals surface area contributed by atoms with Crippen LogP contribution in [-0.4, -0.2) is 34.8 Å². The number of rotatable bonds is 5. The van der Waals surface area contributed by atoms with Gasteiger partial charge in [0.05, 0.1) is 19.5 Å². The molecule has 6 heteroatoms. The number of benzene rings is 1. The van der Waals surface area contributed by atoms with Crippen LogP contribution < -0.4 is 9.47 Å². The van der Waals surface area contributed by atoms with Crippen molar-refractivity contribution in [2.45, 2.75) is 0 Å². The lowest BCUT2D eigenvalue weighted by atomic mass is 10.2. The summed E-state index contributed by atoms with van der Waals surface area (Å²) in [6, 6.07) is 7.34. The molecule has 1 N–H and O–H groups in total. The van der Waals surface area contributed by atoms with Crippen LogP contribution in [0.5, 0.6) is 11.5 Å². The molecule has 19 heavy (non-hydrogen) atoms. The summed E-state index contributed by atoms with van der Waals surface area (Å²) in [5.74, 6) is 0.500. The molecule has 0 aliphatic rings. The molecule has 0 aliphatic carbocycles. The van der Waals surface area contributed by atoms with Crippen molar-refractivity contribution >= 4 is 5.97 Å². The lowest BCUT2D eigenvalue weighted by molar-refractivity contribution is -0.139. The molecule has 0 spiro atoms. The van der Waals surface area contributed by atoms with Gasteiger partial charge in [-0.2, -0.15) is 0 Å². The van der Waals surface area contributed by atoms with Crippen LogP contribution in [0.3, 0.4) is 0 Å². The lowest BCUT2D eigenvalue weighted by Crippen LogP contribution is -2.09. The minimum atomic E-state index is -1.04. The molecule has 2 rings (SSSR count). The maximum Gasteiger partial charge on any atom is 0.341 e. The average Bonchev–Trinajstić information content (AvgIpc) is 2.45. The van der Waals surface area contributed by atoms with Crippen molar-refractivity contribution in [1.29, 1.82) is 0 Å². The van der Waals surface area contributed by atoms with E-state index in [4.69, 9.17) is 14.6 Å². The van der Waals surface area contributed by atoms with Gasteiger partial charge in [0.25, 0.3) is 0 Å². The third kappa shape index (κ3) is 3.41. The van der Waals surface area contributed by atoms with E-state index >= 15 is 0 Å². The van der Waals surface area contributed by atoms with E-state index in [0.29, 0.717) is 17.3 Å². The Kier molecular flexibility index (Phi) is 3.92. The summed E-state index contributed by atoms with van der Waals surface area (Å²) < 4.78 is 10.1. The molecule has 0 saturated heterocycles. The second kappa shape index (κ2) is 5.81. The number of aliphatic carboxylic acids is 1. The van der Waals surface area contributed by atoms with E-state index in [1.165, 1.54) is 12.4 Å². The third-order valence-electron chi connectivity index (χ3n) is 2.32. The van der Waals surface area contributed by atoms with Crippen LogP contribution in [0, 0.1) is 0 Å². The van der Waals surface area contributed by atoms with E-state index in [2.05, 4.69) is 9.97 Å². The molecule has 1 heterocycles. The Bertz CT molecular complexity index is 569. The first-order valence-corrected chi connectivity index (χ1v) is 5.50. The standard InChI is InChI=1S/C13H12N2O4/c1-18-10-4-2-3-9(5-10)13-14-6-11(7-15-13)19-8-12(16)17/h2-7H,8H2,1H3,(H,16,17). The molecule has 0 atom stereocenters. The summed E-state index contributed by atoms with van der Waals surface area (Å²) >= 11 is 0. The SMILES string of the molecule is COc1cccc(-c2ncc(OCC(=O)O)cn2)c1. The van der Waals surface area contributed by atoms with E-state index in [9.17, 15) is 4.79 Å². The van der Waals surface area contributed by atoms with Crippen molar-refractivity contribution in [1.82, 2.24) is 9.97 Å². The first-order valence-electron chi connectivity index (χ1n) is 5.50. The van der Waals surface area contributed by atoms with Crippen LogP contribution >= 0.6 is 0 Å². The predicted octanol–water partition coefficient (Wildman–Crippen LogP) is 1.62. The fourth-order valence-electron chi connectivity index (χ4n) is 1.45. The van der Waals surface area contributed by atoms with Crippen molar-refractivity contribution in [3.8, 4) is 22.9 Å². The van der Waals surface area contributed by atoms with E-state index < -0.39 is 12.6 Å². The van der Waals surface area contributed by atoms with Gasteiger partial charge in [-0.25, -0.2) is 14.8 Å². The van der Waals surface area contributed by atoms with Gasteiger partial charge in [-0.05, 0) is 12.1 Å². The van der Waals surface area contributed by atoms with Crippen molar-refractivity contribution in [3.05, 3.63) is 36.7 Å². The number of hydrogen-bond donors (Lipinski definition) is 1. The molecule has 2 aromatic rings. The summed E-state index contributed by atoms with van der Waals surface area (Å²) in [6.07, 6.45) is 2.87. The van der Waals surface area contributed by atoms with Crippen molar-refractivity contribution < 1.29 is 19.4 Å². The fourth-order valence-corrected chi connectivity index (χ4v) is 1.45. The lowest BCUT2D eigenvalue weighted by Gasteiger charge is -2.05. The quantitative estimate of drug-likeness (QED) is 0.879. The highest BCUT2D eigenvalue weighted by molar-refractivity contribution is 5.68. The Morgan fingerprint density at radius 3 is 2.63 bits per heavy atom. The average molecular weight is 260 g/mol. The molecular weight excluding hydrogens is 248 g/mol. The highest BCUT2D eigenvalue weighted by Gasteiger charge is 2.04. The minimum Gasteiger partial charge on any atom is -0.497 e. The Balaban J connectivity index is 2.15. The first kappa shape index (κ1) is 12.8. The van der Waals surface area contributed by atoms with Crippen molar-refractivity contribution in [3.63, 3.8) is 0 Å². The molecule has 0 radical (unpaired) electrons. The highest BCUT2D eigenvalue weighted by atomic mass is 16.5. The van der Waals surface area contributed by atoms with Crippen LogP contribution in [0.4, 0.5) is 0 Å². The fraction of sp³-hybridized carbons (Fsp3) is 0.154. The molecule has 0 saturated carbocycles. The summed E-state index contributed by atoms with van der Waals surface area (Å²) in [4.78, 5) is 18.6. The van der Waals surface area contributed by atoms with Gasteiger partial charge < -0.3 is 14.6 Å².